The molecule has 0 aromatic carbocycles. The predicted octanol–water partition coefficient (Wildman–Crippen LogP) is 3.82. The molecule has 0 saturated heterocycles. The van der Waals surface area contributed by atoms with Crippen LogP contribution in [0.2, 0.25) is 5.02 Å². The Hall–Kier alpha value is -1.81. The highest BCUT2D eigenvalue weighted by Gasteiger charge is 2.26. The van der Waals surface area contributed by atoms with Gasteiger partial charge in [0.2, 0.25) is 0 Å². The lowest BCUT2D eigenvalue weighted by Crippen LogP contribution is -2.28. The third-order valence-electron chi connectivity index (χ3n) is 4.08. The van der Waals surface area contributed by atoms with Gasteiger partial charge in [0.1, 0.15) is 0 Å². The molecule has 2 heterocycles. The summed E-state index contributed by atoms with van der Waals surface area (Å²) in [6.45, 7) is 1.92. The number of halogens is 1. The Bertz CT molecular complexity index is 631. The van der Waals surface area contributed by atoms with Crippen LogP contribution in [0.15, 0.2) is 30.6 Å². The molecule has 2 aromatic heterocycles. The first kappa shape index (κ1) is 14.1. The molecule has 4 nitrogen and oxygen atoms in total. The lowest BCUT2D eigenvalue weighted by Gasteiger charge is -2.25. The monoisotopic (exact) mass is 303 g/mol. The van der Waals surface area contributed by atoms with E-state index >= 15 is 0 Å². The maximum absolute atomic E-state index is 12.4. The largest absolute Gasteiger partial charge is 0.364 e. The topological polar surface area (TPSA) is 57.8 Å². The zero-order valence-corrected chi connectivity index (χ0v) is 12.7. The summed E-state index contributed by atoms with van der Waals surface area (Å²) in [5, 5.41) is 3.59. The molecular formula is C16H18ClN3O. The van der Waals surface area contributed by atoms with Crippen LogP contribution in [0.1, 0.15) is 59.9 Å². The summed E-state index contributed by atoms with van der Waals surface area (Å²) in [4.78, 5) is 19.9. The molecule has 110 valence electrons. The third-order valence-corrected chi connectivity index (χ3v) is 4.30. The molecule has 1 aliphatic rings. The number of nitrogens with one attached hydrogen (secondary N) is 2. The fraction of sp³-hybridized carbons (Fsp3) is 0.375. The highest BCUT2D eigenvalue weighted by atomic mass is 35.5. The standard InChI is InChI=1S/C16H18ClN3O/c1-10(14-6-5-12(17)9-19-14)20-16(21)13-7-8-18-15(13)11-3-2-4-11/h5-11,18H,2-4H2,1H3,(H,20,21)/t10-/m0/s1. The lowest BCUT2D eigenvalue weighted by atomic mass is 9.81. The van der Waals surface area contributed by atoms with E-state index < -0.39 is 0 Å². The molecule has 0 unspecified atom stereocenters. The van der Waals surface area contributed by atoms with Crippen LogP contribution in [-0.2, 0) is 0 Å². The molecular weight excluding hydrogens is 286 g/mol. The molecule has 2 N–H and O–H groups in total. The molecule has 5 heteroatoms. The van der Waals surface area contributed by atoms with Crippen molar-refractivity contribution in [3.63, 3.8) is 0 Å². The van der Waals surface area contributed by atoms with Crippen molar-refractivity contribution in [1.29, 1.82) is 0 Å². The fourth-order valence-corrected chi connectivity index (χ4v) is 2.72. The van der Waals surface area contributed by atoms with E-state index in [9.17, 15) is 4.79 Å². The zero-order valence-electron chi connectivity index (χ0n) is 11.9. The van der Waals surface area contributed by atoms with Crippen molar-refractivity contribution in [2.24, 2.45) is 0 Å². The van der Waals surface area contributed by atoms with E-state index in [1.54, 1.807) is 12.3 Å². The minimum absolute atomic E-state index is 0.0533. The quantitative estimate of drug-likeness (QED) is 0.902. The number of H-pyrrole nitrogens is 1. The van der Waals surface area contributed by atoms with Crippen molar-refractivity contribution in [3.8, 4) is 0 Å². The van der Waals surface area contributed by atoms with Crippen LogP contribution in [-0.4, -0.2) is 15.9 Å². The molecule has 2 aromatic rings. The van der Waals surface area contributed by atoms with Crippen LogP contribution >= 0.6 is 11.6 Å². The van der Waals surface area contributed by atoms with Gasteiger partial charge in [0.25, 0.3) is 5.91 Å². The second kappa shape index (κ2) is 5.90. The fourth-order valence-electron chi connectivity index (χ4n) is 2.61. The van der Waals surface area contributed by atoms with Gasteiger partial charge in [0, 0.05) is 18.1 Å². The number of aromatic amines is 1. The summed E-state index contributed by atoms with van der Waals surface area (Å²) in [6.07, 6.45) is 7.00. The molecule has 21 heavy (non-hydrogen) atoms. The van der Waals surface area contributed by atoms with Crippen LogP contribution in [0, 0.1) is 0 Å². The van der Waals surface area contributed by atoms with Gasteiger partial charge < -0.3 is 10.3 Å². The second-order valence-corrected chi connectivity index (χ2v) is 5.97. The lowest BCUT2D eigenvalue weighted by molar-refractivity contribution is 0.0937. The van der Waals surface area contributed by atoms with Gasteiger partial charge in [-0.25, -0.2) is 0 Å². The van der Waals surface area contributed by atoms with E-state index in [4.69, 9.17) is 11.6 Å². The van der Waals surface area contributed by atoms with Crippen LogP contribution in [0.5, 0.6) is 0 Å². The van der Waals surface area contributed by atoms with Crippen molar-refractivity contribution >= 4 is 17.5 Å². The number of rotatable bonds is 4. The summed E-state index contributed by atoms with van der Waals surface area (Å²) in [5.41, 5.74) is 2.61. The van der Waals surface area contributed by atoms with E-state index in [2.05, 4.69) is 15.3 Å². The van der Waals surface area contributed by atoms with E-state index in [0.29, 0.717) is 10.9 Å². The molecule has 3 rings (SSSR count). The van der Waals surface area contributed by atoms with Gasteiger partial charge in [-0.3, -0.25) is 9.78 Å². The van der Waals surface area contributed by atoms with Crippen LogP contribution in [0.3, 0.4) is 0 Å². The first-order valence-corrected chi connectivity index (χ1v) is 7.62. The van der Waals surface area contributed by atoms with Crippen LogP contribution in [0.4, 0.5) is 0 Å². The van der Waals surface area contributed by atoms with E-state index in [0.717, 1.165) is 29.8 Å². The number of pyridine rings is 1. The number of aromatic nitrogens is 2. The molecule has 0 bridgehead atoms. The Morgan fingerprint density at radius 2 is 2.24 bits per heavy atom. The van der Waals surface area contributed by atoms with Crippen LogP contribution in [0.25, 0.3) is 0 Å². The number of hydrogen-bond acceptors (Lipinski definition) is 2. The van der Waals surface area contributed by atoms with E-state index in [-0.39, 0.29) is 11.9 Å². The average Bonchev–Trinajstić information content (AvgIpc) is 2.86. The van der Waals surface area contributed by atoms with Gasteiger partial charge >= 0.3 is 0 Å². The summed E-state index contributed by atoms with van der Waals surface area (Å²) in [5.74, 6) is 0.451. The highest BCUT2D eigenvalue weighted by molar-refractivity contribution is 6.30. The summed E-state index contributed by atoms with van der Waals surface area (Å²) >= 11 is 5.83. The Morgan fingerprint density at radius 3 is 2.86 bits per heavy atom. The maximum atomic E-state index is 12.4. The van der Waals surface area contributed by atoms with Gasteiger partial charge in [-0.1, -0.05) is 18.0 Å². The first-order chi connectivity index (χ1) is 10.1. The number of amides is 1. The van der Waals surface area contributed by atoms with Gasteiger partial charge in [0.15, 0.2) is 0 Å². The van der Waals surface area contributed by atoms with Crippen molar-refractivity contribution in [3.05, 3.63) is 52.6 Å². The van der Waals surface area contributed by atoms with Gasteiger partial charge in [-0.15, -0.1) is 0 Å². The molecule has 1 saturated carbocycles. The van der Waals surface area contributed by atoms with E-state index in [1.165, 1.54) is 6.42 Å². The van der Waals surface area contributed by atoms with Crippen molar-refractivity contribution < 1.29 is 4.79 Å². The molecule has 1 aliphatic carbocycles. The summed E-state index contributed by atoms with van der Waals surface area (Å²) < 4.78 is 0. The first-order valence-electron chi connectivity index (χ1n) is 7.24. The minimum atomic E-state index is -0.154. The highest BCUT2D eigenvalue weighted by Crippen LogP contribution is 2.37. The number of carbonyl (C=O) groups is 1. The number of carbonyl (C=O) groups excluding carboxylic acids is 1. The normalized spacial score (nSPS) is 16.3. The molecule has 1 amide bonds. The molecule has 1 fully saturated rings. The van der Waals surface area contributed by atoms with Crippen molar-refractivity contribution in [1.82, 2.24) is 15.3 Å². The zero-order chi connectivity index (χ0) is 14.8. The second-order valence-electron chi connectivity index (χ2n) is 5.53. The average molecular weight is 304 g/mol. The van der Waals surface area contributed by atoms with Gasteiger partial charge in [-0.2, -0.15) is 0 Å². The number of nitrogens with zero attached hydrogens (tertiary/aromatic N) is 1. The Morgan fingerprint density at radius 1 is 1.43 bits per heavy atom. The van der Waals surface area contributed by atoms with Crippen molar-refractivity contribution in [2.45, 2.75) is 38.1 Å². The van der Waals surface area contributed by atoms with Crippen LogP contribution < -0.4 is 5.32 Å². The molecule has 0 radical (unpaired) electrons. The third kappa shape index (κ3) is 2.95. The van der Waals surface area contributed by atoms with Gasteiger partial charge in [-0.05, 0) is 43.9 Å². The molecule has 0 aliphatic heterocycles. The molecule has 0 spiro atoms. The Labute approximate surface area is 128 Å². The Kier molecular flexibility index (Phi) is 3.97. The Balaban J connectivity index is 1.71. The predicted molar refractivity (Wildman–Crippen MR) is 82.5 cm³/mol. The smallest absolute Gasteiger partial charge is 0.253 e. The SMILES string of the molecule is C[C@H](NC(=O)c1cc[nH]c1C1CCC1)c1ccc(Cl)cn1. The van der Waals surface area contributed by atoms with Crippen molar-refractivity contribution in [2.75, 3.05) is 0 Å². The summed E-state index contributed by atoms with van der Waals surface area (Å²) in [7, 11) is 0. The number of hydrogen-bond donors (Lipinski definition) is 2. The molecule has 1 atom stereocenters. The van der Waals surface area contributed by atoms with Gasteiger partial charge in [0.05, 0.1) is 22.3 Å². The minimum Gasteiger partial charge on any atom is -0.364 e. The summed E-state index contributed by atoms with van der Waals surface area (Å²) in [6, 6.07) is 5.31. The van der Waals surface area contributed by atoms with E-state index in [1.807, 2.05) is 25.3 Å². The maximum Gasteiger partial charge on any atom is 0.253 e.